The minimum Gasteiger partial charge on any atom is -0.361 e. The number of nitrogens with zero attached hydrogens (tertiary/aromatic N) is 2. The third-order valence-corrected chi connectivity index (χ3v) is 4.33. The lowest BCUT2D eigenvalue weighted by Gasteiger charge is -2.11. The van der Waals surface area contributed by atoms with Gasteiger partial charge in [-0.05, 0) is 24.3 Å². The Kier molecular flexibility index (Phi) is 5.04. The number of rotatable bonds is 6. The first-order valence-corrected chi connectivity index (χ1v) is 8.29. The van der Waals surface area contributed by atoms with Crippen molar-refractivity contribution in [3.63, 3.8) is 0 Å². The zero-order valence-electron chi connectivity index (χ0n) is 14.7. The summed E-state index contributed by atoms with van der Waals surface area (Å²) in [6.07, 6.45) is 1.83. The van der Waals surface area contributed by atoms with Gasteiger partial charge in [0.15, 0.2) is 0 Å². The van der Waals surface area contributed by atoms with Crippen molar-refractivity contribution in [3.05, 3.63) is 68.6 Å². The Morgan fingerprint density at radius 3 is 2.69 bits per heavy atom. The molecule has 3 rings (SSSR count). The van der Waals surface area contributed by atoms with Gasteiger partial charge in [-0.2, -0.15) is 0 Å². The van der Waals surface area contributed by atoms with Crippen LogP contribution in [0.3, 0.4) is 0 Å². The molecule has 0 atom stereocenters. The van der Waals surface area contributed by atoms with Crippen LogP contribution >= 0.6 is 0 Å². The van der Waals surface area contributed by atoms with Crippen molar-refractivity contribution in [1.82, 2.24) is 24.8 Å². The maximum Gasteiger partial charge on any atom is 0.330 e. The Bertz CT molecular complexity index is 1060. The Morgan fingerprint density at radius 2 is 1.88 bits per heavy atom. The van der Waals surface area contributed by atoms with E-state index in [1.807, 2.05) is 24.4 Å². The zero-order chi connectivity index (χ0) is 18.7. The molecule has 0 radical (unpaired) electrons. The number of aromatic amines is 1. The van der Waals surface area contributed by atoms with Crippen molar-refractivity contribution in [2.75, 3.05) is 13.1 Å². The highest BCUT2D eigenvalue weighted by atomic mass is 16.2. The molecule has 3 N–H and O–H groups in total. The number of hydrogen-bond acceptors (Lipinski definition) is 4. The molecule has 0 aliphatic heterocycles. The van der Waals surface area contributed by atoms with Crippen LogP contribution in [0.1, 0.15) is 16.1 Å². The van der Waals surface area contributed by atoms with E-state index in [-0.39, 0.29) is 17.2 Å². The number of benzene rings is 1. The summed E-state index contributed by atoms with van der Waals surface area (Å²) in [6.45, 7) is 1.32. The SMILES string of the molecule is Cn1c(CNCCNC(=O)c2ccc3[nH]ccc3c2)cc(=O)n(C)c1=O. The molecular formula is C18H21N5O3. The lowest BCUT2D eigenvalue weighted by atomic mass is 10.1. The molecule has 0 aliphatic rings. The Balaban J connectivity index is 1.50. The number of fused-ring (bicyclic) bond motifs is 1. The van der Waals surface area contributed by atoms with Crippen molar-refractivity contribution in [3.8, 4) is 0 Å². The van der Waals surface area contributed by atoms with Gasteiger partial charge in [0.2, 0.25) is 0 Å². The number of amides is 1. The molecular weight excluding hydrogens is 334 g/mol. The average Bonchev–Trinajstić information content (AvgIpc) is 3.11. The molecule has 1 aromatic carbocycles. The maximum absolute atomic E-state index is 12.2. The Labute approximate surface area is 149 Å². The molecule has 0 fully saturated rings. The highest BCUT2D eigenvalue weighted by molar-refractivity contribution is 5.98. The summed E-state index contributed by atoms with van der Waals surface area (Å²) >= 11 is 0. The van der Waals surface area contributed by atoms with E-state index in [0.717, 1.165) is 15.5 Å². The van der Waals surface area contributed by atoms with Gasteiger partial charge in [0.05, 0.1) is 0 Å². The summed E-state index contributed by atoms with van der Waals surface area (Å²) < 4.78 is 2.49. The predicted octanol–water partition coefficient (Wildman–Crippen LogP) is 0.0849. The molecule has 1 amide bonds. The van der Waals surface area contributed by atoms with Gasteiger partial charge in [0.1, 0.15) is 0 Å². The second-order valence-electron chi connectivity index (χ2n) is 6.09. The van der Waals surface area contributed by atoms with Crippen LogP contribution in [-0.2, 0) is 20.6 Å². The molecule has 0 saturated carbocycles. The second kappa shape index (κ2) is 7.40. The number of nitrogens with one attached hydrogen (secondary N) is 3. The van der Waals surface area contributed by atoms with Crippen LogP contribution in [-0.4, -0.2) is 33.1 Å². The summed E-state index contributed by atoms with van der Waals surface area (Å²) in [5.74, 6) is -0.143. The summed E-state index contributed by atoms with van der Waals surface area (Å²) in [7, 11) is 3.07. The van der Waals surface area contributed by atoms with Crippen molar-refractivity contribution in [1.29, 1.82) is 0 Å². The number of carbonyl (C=O) groups is 1. The van der Waals surface area contributed by atoms with Crippen molar-refractivity contribution in [2.24, 2.45) is 14.1 Å². The molecule has 2 heterocycles. The van der Waals surface area contributed by atoms with Crippen LogP contribution in [0.4, 0.5) is 0 Å². The van der Waals surface area contributed by atoms with Crippen LogP contribution in [0.15, 0.2) is 46.1 Å². The van der Waals surface area contributed by atoms with Gasteiger partial charge in [-0.1, -0.05) is 0 Å². The highest BCUT2D eigenvalue weighted by Gasteiger charge is 2.07. The first-order valence-electron chi connectivity index (χ1n) is 8.29. The van der Waals surface area contributed by atoms with Crippen LogP contribution in [0.5, 0.6) is 0 Å². The fourth-order valence-electron chi connectivity index (χ4n) is 2.73. The molecule has 136 valence electrons. The number of carbonyl (C=O) groups excluding carboxylic acids is 1. The molecule has 0 unspecified atom stereocenters. The lowest BCUT2D eigenvalue weighted by molar-refractivity contribution is 0.0954. The summed E-state index contributed by atoms with van der Waals surface area (Å²) in [6, 6.07) is 8.83. The Morgan fingerprint density at radius 1 is 1.08 bits per heavy atom. The lowest BCUT2D eigenvalue weighted by Crippen LogP contribution is -2.39. The number of hydrogen-bond donors (Lipinski definition) is 3. The molecule has 0 aliphatic carbocycles. The van der Waals surface area contributed by atoms with Gasteiger partial charge in [-0.25, -0.2) is 4.79 Å². The van der Waals surface area contributed by atoms with E-state index in [1.54, 1.807) is 13.1 Å². The van der Waals surface area contributed by atoms with E-state index in [0.29, 0.717) is 30.9 Å². The standard InChI is InChI=1S/C18H21N5O3/c1-22-14(10-16(24)23(2)18(22)26)11-19-7-8-21-17(25)13-3-4-15-12(9-13)5-6-20-15/h3-6,9-10,19-20H,7-8,11H2,1-2H3,(H,21,25). The second-order valence-corrected chi connectivity index (χ2v) is 6.09. The van der Waals surface area contributed by atoms with E-state index >= 15 is 0 Å². The van der Waals surface area contributed by atoms with Crippen LogP contribution < -0.4 is 21.9 Å². The number of aromatic nitrogens is 3. The molecule has 26 heavy (non-hydrogen) atoms. The summed E-state index contributed by atoms with van der Waals surface area (Å²) in [5.41, 5.74) is 1.50. The fraction of sp³-hybridized carbons (Fsp3) is 0.278. The van der Waals surface area contributed by atoms with E-state index in [9.17, 15) is 14.4 Å². The smallest absolute Gasteiger partial charge is 0.330 e. The first-order chi connectivity index (χ1) is 12.5. The summed E-state index contributed by atoms with van der Waals surface area (Å²) in [4.78, 5) is 38.8. The van der Waals surface area contributed by atoms with Gasteiger partial charge in [0.25, 0.3) is 11.5 Å². The molecule has 8 nitrogen and oxygen atoms in total. The topological polar surface area (TPSA) is 101 Å². The van der Waals surface area contributed by atoms with Crippen molar-refractivity contribution >= 4 is 16.8 Å². The third kappa shape index (κ3) is 3.60. The molecule has 0 bridgehead atoms. The minimum atomic E-state index is -0.359. The number of H-pyrrole nitrogens is 1. The molecule has 3 aromatic rings. The minimum absolute atomic E-state index is 0.143. The molecule has 0 saturated heterocycles. The van der Waals surface area contributed by atoms with Gasteiger partial charge in [-0.15, -0.1) is 0 Å². The predicted molar refractivity (Wildman–Crippen MR) is 99.3 cm³/mol. The normalized spacial score (nSPS) is 11.0. The van der Waals surface area contributed by atoms with Gasteiger partial charge >= 0.3 is 5.69 Å². The monoisotopic (exact) mass is 355 g/mol. The van der Waals surface area contributed by atoms with Crippen molar-refractivity contribution in [2.45, 2.75) is 6.54 Å². The fourth-order valence-corrected chi connectivity index (χ4v) is 2.73. The van der Waals surface area contributed by atoms with E-state index in [4.69, 9.17) is 0 Å². The van der Waals surface area contributed by atoms with Gasteiger partial charge in [-0.3, -0.25) is 18.7 Å². The van der Waals surface area contributed by atoms with E-state index in [2.05, 4.69) is 15.6 Å². The van der Waals surface area contributed by atoms with Crippen LogP contribution in [0, 0.1) is 0 Å². The first kappa shape index (κ1) is 17.7. The Hall–Kier alpha value is -3.13. The molecule has 2 aromatic heterocycles. The summed E-state index contributed by atoms with van der Waals surface area (Å²) in [5, 5.41) is 6.95. The zero-order valence-corrected chi connectivity index (χ0v) is 14.7. The van der Waals surface area contributed by atoms with E-state index in [1.165, 1.54) is 17.7 Å². The van der Waals surface area contributed by atoms with Crippen LogP contribution in [0.2, 0.25) is 0 Å². The van der Waals surface area contributed by atoms with E-state index < -0.39 is 0 Å². The van der Waals surface area contributed by atoms with Crippen LogP contribution in [0.25, 0.3) is 10.9 Å². The molecule has 0 spiro atoms. The average molecular weight is 355 g/mol. The third-order valence-electron chi connectivity index (χ3n) is 4.33. The maximum atomic E-state index is 12.2. The van der Waals surface area contributed by atoms with Crippen molar-refractivity contribution < 1.29 is 4.79 Å². The molecule has 8 heteroatoms. The quantitative estimate of drug-likeness (QED) is 0.545. The van der Waals surface area contributed by atoms with Gasteiger partial charge < -0.3 is 15.6 Å². The van der Waals surface area contributed by atoms with Gasteiger partial charge in [0, 0.05) is 68.2 Å². The largest absolute Gasteiger partial charge is 0.361 e. The highest BCUT2D eigenvalue weighted by Crippen LogP contribution is 2.13.